The molecule has 0 radical (unpaired) electrons. The van der Waals surface area contributed by atoms with Gasteiger partial charge >= 0.3 is 0 Å². The number of halogens is 1. The van der Waals surface area contributed by atoms with E-state index in [0.29, 0.717) is 18.0 Å². The number of carbonyl (C=O) groups is 2. The van der Waals surface area contributed by atoms with Crippen molar-refractivity contribution in [2.45, 2.75) is 51.7 Å². The second-order valence-corrected chi connectivity index (χ2v) is 6.35. The molecule has 1 saturated heterocycles. The van der Waals surface area contributed by atoms with Crippen LogP contribution < -0.4 is 5.32 Å². The first kappa shape index (κ1) is 15.8. The van der Waals surface area contributed by atoms with E-state index in [9.17, 15) is 9.59 Å². The molecule has 0 saturated carbocycles. The summed E-state index contributed by atoms with van der Waals surface area (Å²) in [5.74, 6) is -0.158. The van der Waals surface area contributed by atoms with Crippen LogP contribution in [-0.2, 0) is 16.1 Å². The number of amides is 2. The molecule has 0 aliphatic carbocycles. The molecular weight excluding hydrogens is 288 g/mol. The van der Waals surface area contributed by atoms with Crippen molar-refractivity contribution in [2.75, 3.05) is 0 Å². The van der Waals surface area contributed by atoms with Crippen molar-refractivity contribution in [1.82, 2.24) is 10.2 Å². The quantitative estimate of drug-likeness (QED) is 0.930. The second kappa shape index (κ2) is 6.06. The minimum atomic E-state index is -0.872. The predicted molar refractivity (Wildman–Crippen MR) is 82.9 cm³/mol. The molecule has 1 aromatic carbocycles. The monoisotopic (exact) mass is 308 g/mol. The number of hydrogen-bond donors (Lipinski definition) is 1. The molecule has 1 unspecified atom stereocenters. The van der Waals surface area contributed by atoms with Gasteiger partial charge in [0.25, 0.3) is 0 Å². The molecule has 1 N–H and O–H groups in total. The summed E-state index contributed by atoms with van der Waals surface area (Å²) < 4.78 is 0. The first-order valence-electron chi connectivity index (χ1n) is 7.23. The van der Waals surface area contributed by atoms with Crippen molar-refractivity contribution in [3.8, 4) is 0 Å². The summed E-state index contributed by atoms with van der Waals surface area (Å²) in [5.41, 5.74) is -0.0121. The highest BCUT2D eigenvalue weighted by Crippen LogP contribution is 2.25. The molecular formula is C16H21ClN2O2. The normalized spacial score (nSPS) is 21.3. The lowest BCUT2D eigenvalue weighted by Crippen LogP contribution is -2.67. The van der Waals surface area contributed by atoms with Crippen LogP contribution in [0.2, 0.25) is 5.02 Å². The number of piperazine rings is 1. The number of nitrogens with one attached hydrogen (secondary N) is 1. The van der Waals surface area contributed by atoms with Crippen LogP contribution in [-0.4, -0.2) is 28.3 Å². The lowest BCUT2D eigenvalue weighted by molar-refractivity contribution is -0.154. The number of carbonyl (C=O) groups excluding carboxylic acids is 2. The topological polar surface area (TPSA) is 49.4 Å². The zero-order chi connectivity index (χ0) is 15.6. The van der Waals surface area contributed by atoms with Gasteiger partial charge in [-0.3, -0.25) is 9.59 Å². The van der Waals surface area contributed by atoms with Gasteiger partial charge in [0.05, 0.1) is 0 Å². The summed E-state index contributed by atoms with van der Waals surface area (Å²) >= 11 is 6.18. The van der Waals surface area contributed by atoms with Gasteiger partial charge in [-0.2, -0.15) is 0 Å². The summed E-state index contributed by atoms with van der Waals surface area (Å²) in [7, 11) is 0. The van der Waals surface area contributed by atoms with Gasteiger partial charge in [0.2, 0.25) is 11.8 Å². The van der Waals surface area contributed by atoms with Crippen molar-refractivity contribution in [1.29, 1.82) is 0 Å². The van der Waals surface area contributed by atoms with E-state index >= 15 is 0 Å². The lowest BCUT2D eigenvalue weighted by atomic mass is 9.94. The fourth-order valence-electron chi connectivity index (χ4n) is 2.64. The number of rotatable bonds is 4. The molecule has 5 heteroatoms. The van der Waals surface area contributed by atoms with E-state index in [-0.39, 0.29) is 11.8 Å². The summed E-state index contributed by atoms with van der Waals surface area (Å²) in [5, 5.41) is 3.42. The van der Waals surface area contributed by atoms with Crippen LogP contribution >= 0.6 is 11.6 Å². The highest BCUT2D eigenvalue weighted by molar-refractivity contribution is 6.31. The zero-order valence-electron chi connectivity index (χ0n) is 12.6. The van der Waals surface area contributed by atoms with E-state index in [2.05, 4.69) is 5.32 Å². The second-order valence-electron chi connectivity index (χ2n) is 5.94. The van der Waals surface area contributed by atoms with Crippen LogP contribution in [0.5, 0.6) is 0 Å². The van der Waals surface area contributed by atoms with Gasteiger partial charge in [-0.25, -0.2) is 0 Å². The summed E-state index contributed by atoms with van der Waals surface area (Å²) in [6.07, 6.45) is 1.49. The van der Waals surface area contributed by atoms with Crippen LogP contribution in [0.15, 0.2) is 24.3 Å². The predicted octanol–water partition coefficient (Wildman–Crippen LogP) is 2.75. The number of hydrogen-bond acceptors (Lipinski definition) is 2. The van der Waals surface area contributed by atoms with Gasteiger partial charge in [-0.15, -0.1) is 0 Å². The molecule has 0 spiro atoms. The smallest absolute Gasteiger partial charge is 0.248 e. The summed E-state index contributed by atoms with van der Waals surface area (Å²) in [4.78, 5) is 26.6. The maximum atomic E-state index is 12.7. The van der Waals surface area contributed by atoms with Crippen LogP contribution in [0.1, 0.15) is 39.2 Å². The van der Waals surface area contributed by atoms with Crippen LogP contribution in [0.3, 0.4) is 0 Å². The fraction of sp³-hybridized carbons (Fsp3) is 0.500. The van der Waals surface area contributed by atoms with Gasteiger partial charge in [-0.05, 0) is 31.9 Å². The lowest BCUT2D eigenvalue weighted by Gasteiger charge is -2.43. The largest absolute Gasteiger partial charge is 0.340 e. The first-order chi connectivity index (χ1) is 9.86. The third-order valence-electron chi connectivity index (χ3n) is 3.77. The maximum Gasteiger partial charge on any atom is 0.248 e. The molecule has 1 fully saturated rings. The third-order valence-corrected chi connectivity index (χ3v) is 4.14. The van der Waals surface area contributed by atoms with Crippen molar-refractivity contribution in [3.63, 3.8) is 0 Å². The fourth-order valence-corrected chi connectivity index (χ4v) is 2.83. The highest BCUT2D eigenvalue weighted by atomic mass is 35.5. The Morgan fingerprint density at radius 1 is 1.29 bits per heavy atom. The number of benzene rings is 1. The molecule has 0 aromatic heterocycles. The molecule has 2 amide bonds. The van der Waals surface area contributed by atoms with E-state index in [4.69, 9.17) is 11.6 Å². The van der Waals surface area contributed by atoms with Gasteiger partial charge in [0, 0.05) is 11.6 Å². The summed E-state index contributed by atoms with van der Waals surface area (Å²) in [6.45, 7) is 5.83. The van der Waals surface area contributed by atoms with Crippen molar-refractivity contribution in [2.24, 2.45) is 0 Å². The molecule has 1 atom stereocenters. The van der Waals surface area contributed by atoms with Gasteiger partial charge in [0.15, 0.2) is 0 Å². The molecule has 1 aromatic rings. The molecule has 4 nitrogen and oxygen atoms in total. The van der Waals surface area contributed by atoms with E-state index in [0.717, 1.165) is 12.0 Å². The van der Waals surface area contributed by atoms with E-state index in [1.165, 1.54) is 0 Å². The maximum absolute atomic E-state index is 12.7. The molecule has 2 rings (SSSR count). The Labute approximate surface area is 130 Å². The zero-order valence-corrected chi connectivity index (χ0v) is 13.4. The SMILES string of the molecule is CCCC1C(=O)NC(C)(C)C(=O)N1Cc1ccccc1Cl. The Kier molecular flexibility index (Phi) is 4.57. The van der Waals surface area contributed by atoms with Crippen molar-refractivity contribution in [3.05, 3.63) is 34.9 Å². The Bertz CT molecular complexity index is 557. The highest BCUT2D eigenvalue weighted by Gasteiger charge is 2.44. The van der Waals surface area contributed by atoms with E-state index < -0.39 is 11.6 Å². The van der Waals surface area contributed by atoms with Gasteiger partial charge in [-0.1, -0.05) is 43.1 Å². The minimum absolute atomic E-state index is 0.0690. The first-order valence-corrected chi connectivity index (χ1v) is 7.61. The van der Waals surface area contributed by atoms with Crippen molar-refractivity contribution >= 4 is 23.4 Å². The standard InChI is InChI=1S/C16H21ClN2O2/c1-4-7-13-14(20)18-16(2,3)15(21)19(13)10-11-8-5-6-9-12(11)17/h5-6,8-9,13H,4,7,10H2,1-3H3,(H,18,20). The average Bonchev–Trinajstić information content (AvgIpc) is 2.42. The Balaban J connectivity index is 2.32. The molecule has 1 aliphatic heterocycles. The Hall–Kier alpha value is -1.55. The van der Waals surface area contributed by atoms with E-state index in [1.807, 2.05) is 25.1 Å². The Morgan fingerprint density at radius 3 is 2.57 bits per heavy atom. The molecule has 21 heavy (non-hydrogen) atoms. The van der Waals surface area contributed by atoms with Gasteiger partial charge < -0.3 is 10.2 Å². The van der Waals surface area contributed by atoms with Crippen LogP contribution in [0, 0.1) is 0 Å². The van der Waals surface area contributed by atoms with Crippen LogP contribution in [0.25, 0.3) is 0 Å². The van der Waals surface area contributed by atoms with Crippen molar-refractivity contribution < 1.29 is 9.59 Å². The minimum Gasteiger partial charge on any atom is -0.340 e. The van der Waals surface area contributed by atoms with E-state index in [1.54, 1.807) is 24.8 Å². The third kappa shape index (κ3) is 3.21. The molecule has 1 heterocycles. The average molecular weight is 309 g/mol. The number of nitrogens with zero attached hydrogens (tertiary/aromatic N) is 1. The van der Waals surface area contributed by atoms with Crippen LogP contribution in [0.4, 0.5) is 0 Å². The molecule has 0 bridgehead atoms. The summed E-state index contributed by atoms with van der Waals surface area (Å²) in [6, 6.07) is 7.00. The molecule has 1 aliphatic rings. The van der Waals surface area contributed by atoms with Gasteiger partial charge in [0.1, 0.15) is 11.6 Å². The molecule has 114 valence electrons. The Morgan fingerprint density at radius 2 is 1.95 bits per heavy atom.